The Morgan fingerprint density at radius 2 is 2.24 bits per heavy atom. The smallest absolute Gasteiger partial charge is 0.340 e. The van der Waals surface area contributed by atoms with Gasteiger partial charge in [0.05, 0.1) is 29.7 Å². The molecule has 0 saturated heterocycles. The predicted molar refractivity (Wildman–Crippen MR) is 82.0 cm³/mol. The van der Waals surface area contributed by atoms with Crippen LogP contribution in [0.5, 0.6) is 0 Å². The molecule has 3 N–H and O–H groups in total. The average Bonchev–Trinajstić information content (AvgIpc) is 2.44. The van der Waals surface area contributed by atoms with Crippen molar-refractivity contribution in [2.45, 2.75) is 6.92 Å². The Morgan fingerprint density at radius 3 is 2.90 bits per heavy atom. The van der Waals surface area contributed by atoms with Crippen molar-refractivity contribution in [3.05, 3.63) is 46.3 Å². The third kappa shape index (κ3) is 3.69. The number of hydrogen-bond donors (Lipinski definition) is 2. The van der Waals surface area contributed by atoms with Crippen molar-refractivity contribution in [1.82, 2.24) is 4.98 Å². The van der Waals surface area contributed by atoms with Crippen molar-refractivity contribution in [2.24, 2.45) is 0 Å². The van der Waals surface area contributed by atoms with E-state index in [0.717, 1.165) is 0 Å². The molecule has 7 heteroatoms. The number of anilines is 3. The van der Waals surface area contributed by atoms with Gasteiger partial charge in [0.2, 0.25) is 0 Å². The maximum atomic E-state index is 13.8. The van der Waals surface area contributed by atoms with E-state index in [1.807, 2.05) is 0 Å². The highest BCUT2D eigenvalue weighted by atomic mass is 79.9. The van der Waals surface area contributed by atoms with Crippen molar-refractivity contribution >= 4 is 39.1 Å². The van der Waals surface area contributed by atoms with Crippen LogP contribution in [0, 0.1) is 5.82 Å². The minimum absolute atomic E-state index is 0.187. The highest BCUT2D eigenvalue weighted by molar-refractivity contribution is 9.10. The first-order valence-electron chi connectivity index (χ1n) is 6.16. The van der Waals surface area contributed by atoms with Gasteiger partial charge < -0.3 is 15.8 Å². The van der Waals surface area contributed by atoms with Gasteiger partial charge in [-0.15, -0.1) is 0 Å². The number of carbonyl (C=O) groups excluding carboxylic acids is 1. The Morgan fingerprint density at radius 1 is 1.48 bits per heavy atom. The first kappa shape index (κ1) is 15.2. The lowest BCUT2D eigenvalue weighted by Gasteiger charge is -2.10. The molecule has 0 unspecified atom stereocenters. The van der Waals surface area contributed by atoms with Crippen LogP contribution in [0.25, 0.3) is 0 Å². The molecule has 0 saturated carbocycles. The third-order valence-electron chi connectivity index (χ3n) is 2.62. The SMILES string of the molecule is CCOC(=O)c1cc(Nc2ccc(Br)cc2F)ncc1N. The summed E-state index contributed by atoms with van der Waals surface area (Å²) in [6.07, 6.45) is 1.32. The fraction of sp³-hybridized carbons (Fsp3) is 0.143. The van der Waals surface area contributed by atoms with Crippen LogP contribution < -0.4 is 11.1 Å². The summed E-state index contributed by atoms with van der Waals surface area (Å²) in [6, 6.07) is 6.00. The zero-order valence-corrected chi connectivity index (χ0v) is 12.8. The zero-order valence-electron chi connectivity index (χ0n) is 11.2. The summed E-state index contributed by atoms with van der Waals surface area (Å²) < 4.78 is 19.3. The Hall–Kier alpha value is -2.15. The van der Waals surface area contributed by atoms with Crippen LogP contribution in [-0.4, -0.2) is 17.6 Å². The quantitative estimate of drug-likeness (QED) is 0.822. The summed E-state index contributed by atoms with van der Waals surface area (Å²) in [5.74, 6) is -0.689. The van der Waals surface area contributed by atoms with Gasteiger partial charge >= 0.3 is 5.97 Å². The third-order valence-corrected chi connectivity index (χ3v) is 3.12. The molecule has 0 amide bonds. The van der Waals surface area contributed by atoms with Crippen LogP contribution in [0.4, 0.5) is 21.6 Å². The lowest BCUT2D eigenvalue weighted by molar-refractivity contribution is 0.0527. The summed E-state index contributed by atoms with van der Waals surface area (Å²) in [5.41, 5.74) is 6.32. The first-order chi connectivity index (χ1) is 10.0. The van der Waals surface area contributed by atoms with E-state index in [-0.39, 0.29) is 23.5 Å². The molecule has 0 aliphatic carbocycles. The van der Waals surface area contributed by atoms with E-state index < -0.39 is 11.8 Å². The van der Waals surface area contributed by atoms with Crippen molar-refractivity contribution < 1.29 is 13.9 Å². The maximum Gasteiger partial charge on any atom is 0.340 e. The Balaban J connectivity index is 2.28. The molecule has 0 radical (unpaired) electrons. The highest BCUT2D eigenvalue weighted by Gasteiger charge is 2.13. The van der Waals surface area contributed by atoms with E-state index in [4.69, 9.17) is 10.5 Å². The number of halogens is 2. The van der Waals surface area contributed by atoms with Crippen LogP contribution in [0.15, 0.2) is 34.9 Å². The van der Waals surface area contributed by atoms with E-state index >= 15 is 0 Å². The van der Waals surface area contributed by atoms with Crippen molar-refractivity contribution in [3.8, 4) is 0 Å². The van der Waals surface area contributed by atoms with Crippen LogP contribution in [0.3, 0.4) is 0 Å². The van der Waals surface area contributed by atoms with Gasteiger partial charge in [-0.2, -0.15) is 0 Å². The van der Waals surface area contributed by atoms with Gasteiger partial charge in [-0.1, -0.05) is 15.9 Å². The standard InChI is InChI=1S/C14H13BrFN3O2/c1-2-21-14(20)9-6-13(18-7-11(9)17)19-12-4-3-8(15)5-10(12)16/h3-7H,2,17H2,1H3,(H,18,19). The van der Waals surface area contributed by atoms with Crippen LogP contribution in [0.1, 0.15) is 17.3 Å². The van der Waals surface area contributed by atoms with Gasteiger partial charge in [-0.3, -0.25) is 0 Å². The molecule has 110 valence electrons. The summed E-state index contributed by atoms with van der Waals surface area (Å²) in [6.45, 7) is 1.94. The molecular formula is C14H13BrFN3O2. The van der Waals surface area contributed by atoms with Crippen LogP contribution >= 0.6 is 15.9 Å². The number of rotatable bonds is 4. The lowest BCUT2D eigenvalue weighted by Crippen LogP contribution is -2.09. The molecule has 2 aromatic rings. The van der Waals surface area contributed by atoms with Gasteiger partial charge in [0, 0.05) is 4.47 Å². The largest absolute Gasteiger partial charge is 0.462 e. The zero-order chi connectivity index (χ0) is 15.4. The summed E-state index contributed by atoms with van der Waals surface area (Å²) in [4.78, 5) is 15.8. The molecule has 0 spiro atoms. The molecule has 0 bridgehead atoms. The highest BCUT2D eigenvalue weighted by Crippen LogP contribution is 2.24. The number of carbonyl (C=O) groups is 1. The molecule has 0 atom stereocenters. The topological polar surface area (TPSA) is 77.2 Å². The van der Waals surface area contributed by atoms with E-state index in [1.165, 1.54) is 18.3 Å². The van der Waals surface area contributed by atoms with E-state index in [1.54, 1.807) is 19.1 Å². The Bertz CT molecular complexity index is 679. The number of aromatic nitrogens is 1. The second kappa shape index (κ2) is 6.53. The monoisotopic (exact) mass is 353 g/mol. The number of pyridine rings is 1. The fourth-order valence-electron chi connectivity index (χ4n) is 1.65. The molecule has 0 aliphatic heterocycles. The van der Waals surface area contributed by atoms with Gasteiger partial charge in [0.15, 0.2) is 0 Å². The molecular weight excluding hydrogens is 341 g/mol. The number of nitrogens with zero attached hydrogens (tertiary/aromatic N) is 1. The van der Waals surface area contributed by atoms with Gasteiger partial charge in [0.1, 0.15) is 11.6 Å². The van der Waals surface area contributed by atoms with Crippen molar-refractivity contribution in [1.29, 1.82) is 0 Å². The predicted octanol–water partition coefficient (Wildman–Crippen LogP) is 3.49. The second-order valence-corrected chi connectivity index (χ2v) is 5.04. The second-order valence-electron chi connectivity index (χ2n) is 4.13. The maximum absolute atomic E-state index is 13.8. The van der Waals surface area contributed by atoms with Crippen molar-refractivity contribution in [2.75, 3.05) is 17.7 Å². The van der Waals surface area contributed by atoms with E-state index in [9.17, 15) is 9.18 Å². The summed E-state index contributed by atoms with van der Waals surface area (Å²) in [5, 5.41) is 2.79. The van der Waals surface area contributed by atoms with E-state index in [0.29, 0.717) is 10.3 Å². The summed E-state index contributed by atoms with van der Waals surface area (Å²) >= 11 is 3.18. The van der Waals surface area contributed by atoms with Gasteiger partial charge in [-0.05, 0) is 31.2 Å². The molecule has 1 heterocycles. The normalized spacial score (nSPS) is 10.2. The number of ether oxygens (including phenoxy) is 1. The molecule has 21 heavy (non-hydrogen) atoms. The molecule has 0 fully saturated rings. The van der Waals surface area contributed by atoms with Crippen molar-refractivity contribution in [3.63, 3.8) is 0 Å². The molecule has 1 aromatic heterocycles. The number of esters is 1. The Kier molecular flexibility index (Phi) is 4.74. The van der Waals surface area contributed by atoms with Crippen LogP contribution in [0.2, 0.25) is 0 Å². The van der Waals surface area contributed by atoms with E-state index in [2.05, 4.69) is 26.2 Å². The number of benzene rings is 1. The van der Waals surface area contributed by atoms with Gasteiger partial charge in [0.25, 0.3) is 0 Å². The fourth-order valence-corrected chi connectivity index (χ4v) is 1.98. The average molecular weight is 354 g/mol. The molecule has 5 nitrogen and oxygen atoms in total. The number of nitrogens with one attached hydrogen (secondary N) is 1. The Labute approximate surface area is 129 Å². The summed E-state index contributed by atoms with van der Waals surface area (Å²) in [7, 11) is 0. The number of hydrogen-bond acceptors (Lipinski definition) is 5. The molecule has 1 aromatic carbocycles. The minimum Gasteiger partial charge on any atom is -0.462 e. The number of nitrogens with two attached hydrogens (primary N) is 1. The molecule has 0 aliphatic rings. The number of nitrogen functional groups attached to an aromatic ring is 1. The molecule has 2 rings (SSSR count). The first-order valence-corrected chi connectivity index (χ1v) is 6.95. The van der Waals surface area contributed by atoms with Crippen LogP contribution in [-0.2, 0) is 4.74 Å². The minimum atomic E-state index is -0.545. The lowest BCUT2D eigenvalue weighted by atomic mass is 10.2. The van der Waals surface area contributed by atoms with Gasteiger partial charge in [-0.25, -0.2) is 14.2 Å².